The van der Waals surface area contributed by atoms with E-state index >= 15 is 0 Å². The first-order valence-corrected chi connectivity index (χ1v) is 7.06. The van der Waals surface area contributed by atoms with E-state index in [0.717, 1.165) is 34.2 Å². The molecule has 0 aliphatic carbocycles. The van der Waals surface area contributed by atoms with Crippen molar-refractivity contribution in [2.45, 2.75) is 38.6 Å². The third-order valence-electron chi connectivity index (χ3n) is 3.07. The van der Waals surface area contributed by atoms with Crippen LogP contribution in [0.3, 0.4) is 0 Å². The number of unbranched alkanes of at least 4 members (excludes halogenated alkanes) is 1. The molecule has 1 aromatic carbocycles. The smallest absolute Gasteiger partial charge is 0.303 e. The molecule has 106 valence electrons. The lowest BCUT2D eigenvalue weighted by atomic mass is 9.99. The van der Waals surface area contributed by atoms with E-state index in [1.54, 1.807) is 7.11 Å². The van der Waals surface area contributed by atoms with Crippen LogP contribution < -0.4 is 10.5 Å². The molecule has 0 aliphatic rings. The molecule has 5 heteroatoms. The molecule has 1 atom stereocenters. The molecule has 0 aromatic heterocycles. The van der Waals surface area contributed by atoms with E-state index in [4.69, 9.17) is 15.6 Å². The number of carboxylic acids is 1. The highest BCUT2D eigenvalue weighted by Gasteiger charge is 2.14. The highest BCUT2D eigenvalue weighted by Crippen LogP contribution is 2.32. The predicted octanol–water partition coefficient (Wildman–Crippen LogP) is 3.41. The van der Waals surface area contributed by atoms with Gasteiger partial charge >= 0.3 is 5.97 Å². The quantitative estimate of drug-likeness (QED) is 0.752. The van der Waals surface area contributed by atoms with Gasteiger partial charge in [-0.1, -0.05) is 22.4 Å². The number of rotatable bonds is 7. The van der Waals surface area contributed by atoms with Gasteiger partial charge in [0.05, 0.1) is 7.11 Å². The Bertz CT molecular complexity index is 449. The van der Waals surface area contributed by atoms with Crippen molar-refractivity contribution in [3.05, 3.63) is 27.7 Å². The number of hydrogen-bond acceptors (Lipinski definition) is 3. The largest absolute Gasteiger partial charge is 0.496 e. The summed E-state index contributed by atoms with van der Waals surface area (Å²) in [5.41, 5.74) is 8.21. The van der Waals surface area contributed by atoms with E-state index in [9.17, 15) is 4.79 Å². The van der Waals surface area contributed by atoms with Gasteiger partial charge in [0.25, 0.3) is 0 Å². The van der Waals surface area contributed by atoms with Gasteiger partial charge in [0, 0.05) is 22.5 Å². The first kappa shape index (κ1) is 16.0. The van der Waals surface area contributed by atoms with Gasteiger partial charge in [-0.15, -0.1) is 0 Å². The molecule has 0 aliphatic heterocycles. The second-order valence-corrected chi connectivity index (χ2v) is 5.44. The highest BCUT2D eigenvalue weighted by molar-refractivity contribution is 9.10. The third-order valence-corrected chi connectivity index (χ3v) is 3.92. The topological polar surface area (TPSA) is 72.5 Å². The SMILES string of the molecule is COc1cc(C)c(Br)cc1C(N)CCCCC(=O)O. The molecule has 0 amide bonds. The van der Waals surface area contributed by atoms with E-state index < -0.39 is 5.97 Å². The van der Waals surface area contributed by atoms with E-state index in [2.05, 4.69) is 15.9 Å². The van der Waals surface area contributed by atoms with Crippen LogP contribution in [-0.4, -0.2) is 18.2 Å². The highest BCUT2D eigenvalue weighted by atomic mass is 79.9. The average Bonchev–Trinajstić information content (AvgIpc) is 2.36. The number of methoxy groups -OCH3 is 1. The number of benzene rings is 1. The van der Waals surface area contributed by atoms with Gasteiger partial charge in [0.15, 0.2) is 0 Å². The van der Waals surface area contributed by atoms with Crippen LogP contribution in [0.2, 0.25) is 0 Å². The zero-order valence-corrected chi connectivity index (χ0v) is 12.9. The fraction of sp³-hybridized carbons (Fsp3) is 0.500. The molecule has 1 rings (SSSR count). The summed E-state index contributed by atoms with van der Waals surface area (Å²) in [7, 11) is 1.63. The van der Waals surface area contributed by atoms with Crippen molar-refractivity contribution in [3.63, 3.8) is 0 Å². The number of carboxylic acid groups (broad SMARTS) is 1. The minimum Gasteiger partial charge on any atom is -0.496 e. The molecule has 0 bridgehead atoms. The maximum atomic E-state index is 10.4. The summed E-state index contributed by atoms with van der Waals surface area (Å²) in [6.07, 6.45) is 2.39. The summed E-state index contributed by atoms with van der Waals surface area (Å²) in [4.78, 5) is 10.4. The van der Waals surface area contributed by atoms with Crippen LogP contribution in [0.25, 0.3) is 0 Å². The number of carbonyl (C=O) groups is 1. The average molecular weight is 330 g/mol. The zero-order valence-electron chi connectivity index (χ0n) is 11.3. The standard InChI is InChI=1S/C14H20BrNO3/c1-9-7-13(19-2)10(8-11(9)15)12(16)5-3-4-6-14(17)18/h7-8,12H,3-6,16H2,1-2H3,(H,17,18). The normalized spacial score (nSPS) is 12.2. The summed E-state index contributed by atoms with van der Waals surface area (Å²) >= 11 is 3.49. The van der Waals surface area contributed by atoms with E-state index in [0.29, 0.717) is 6.42 Å². The van der Waals surface area contributed by atoms with Crippen LogP contribution in [0, 0.1) is 6.92 Å². The van der Waals surface area contributed by atoms with Gasteiger partial charge in [-0.25, -0.2) is 0 Å². The summed E-state index contributed by atoms with van der Waals surface area (Å²) in [6, 6.07) is 3.80. The Morgan fingerprint density at radius 1 is 1.47 bits per heavy atom. The molecule has 19 heavy (non-hydrogen) atoms. The summed E-state index contributed by atoms with van der Waals surface area (Å²) in [5, 5.41) is 8.59. The van der Waals surface area contributed by atoms with Crippen molar-refractivity contribution in [1.29, 1.82) is 0 Å². The number of ether oxygens (including phenoxy) is 1. The molecule has 0 saturated carbocycles. The van der Waals surface area contributed by atoms with Crippen LogP contribution >= 0.6 is 15.9 Å². The maximum absolute atomic E-state index is 10.4. The van der Waals surface area contributed by atoms with Crippen LogP contribution in [0.1, 0.15) is 42.9 Å². The number of aryl methyl sites for hydroxylation is 1. The summed E-state index contributed by atoms with van der Waals surface area (Å²) in [5.74, 6) is 0.0238. The van der Waals surface area contributed by atoms with Gasteiger partial charge in [0.1, 0.15) is 5.75 Å². The molecule has 0 heterocycles. The van der Waals surface area contributed by atoms with Crippen molar-refractivity contribution in [3.8, 4) is 5.75 Å². The van der Waals surface area contributed by atoms with Gasteiger partial charge in [-0.05, 0) is 37.5 Å². The lowest BCUT2D eigenvalue weighted by Gasteiger charge is -2.17. The van der Waals surface area contributed by atoms with Crippen molar-refractivity contribution in [1.82, 2.24) is 0 Å². The Morgan fingerprint density at radius 2 is 2.16 bits per heavy atom. The number of aliphatic carboxylic acids is 1. The lowest BCUT2D eigenvalue weighted by Crippen LogP contribution is -2.12. The minimum absolute atomic E-state index is 0.138. The molecular weight excluding hydrogens is 310 g/mol. The predicted molar refractivity (Wildman–Crippen MR) is 78.5 cm³/mol. The van der Waals surface area contributed by atoms with Crippen LogP contribution in [0.4, 0.5) is 0 Å². The second kappa shape index (κ2) is 7.50. The minimum atomic E-state index is -0.760. The zero-order chi connectivity index (χ0) is 14.4. The molecule has 0 fully saturated rings. The Hall–Kier alpha value is -1.07. The van der Waals surface area contributed by atoms with Crippen molar-refractivity contribution in [2.24, 2.45) is 5.73 Å². The van der Waals surface area contributed by atoms with Gasteiger partial charge in [0.2, 0.25) is 0 Å². The molecule has 0 saturated heterocycles. The number of halogens is 1. The molecule has 1 aromatic rings. The molecule has 1 unspecified atom stereocenters. The second-order valence-electron chi connectivity index (χ2n) is 4.59. The van der Waals surface area contributed by atoms with Crippen molar-refractivity contribution >= 4 is 21.9 Å². The maximum Gasteiger partial charge on any atom is 0.303 e. The molecule has 4 nitrogen and oxygen atoms in total. The lowest BCUT2D eigenvalue weighted by molar-refractivity contribution is -0.137. The summed E-state index contributed by atoms with van der Waals surface area (Å²) < 4.78 is 6.36. The Morgan fingerprint density at radius 3 is 2.74 bits per heavy atom. The van der Waals surface area contributed by atoms with E-state index in [1.807, 2.05) is 19.1 Å². The van der Waals surface area contributed by atoms with Crippen molar-refractivity contribution in [2.75, 3.05) is 7.11 Å². The van der Waals surface area contributed by atoms with Crippen molar-refractivity contribution < 1.29 is 14.6 Å². The molecule has 0 spiro atoms. The van der Waals surface area contributed by atoms with Crippen LogP contribution in [0.15, 0.2) is 16.6 Å². The Labute approximate surface area is 122 Å². The van der Waals surface area contributed by atoms with Gasteiger partial charge in [-0.2, -0.15) is 0 Å². The first-order valence-electron chi connectivity index (χ1n) is 6.27. The number of hydrogen-bond donors (Lipinski definition) is 2. The third kappa shape index (κ3) is 4.84. The summed E-state index contributed by atoms with van der Waals surface area (Å²) in [6.45, 7) is 1.99. The fourth-order valence-corrected chi connectivity index (χ4v) is 2.29. The van der Waals surface area contributed by atoms with Crippen LogP contribution in [0.5, 0.6) is 5.75 Å². The molecule has 0 radical (unpaired) electrons. The van der Waals surface area contributed by atoms with E-state index in [-0.39, 0.29) is 12.5 Å². The number of nitrogens with two attached hydrogens (primary N) is 1. The molecular formula is C14H20BrNO3. The monoisotopic (exact) mass is 329 g/mol. The first-order chi connectivity index (χ1) is 8.95. The molecule has 3 N–H and O–H groups in total. The van der Waals surface area contributed by atoms with E-state index in [1.165, 1.54) is 0 Å². The van der Waals surface area contributed by atoms with Crippen LogP contribution in [-0.2, 0) is 4.79 Å². The van der Waals surface area contributed by atoms with Gasteiger partial charge < -0.3 is 15.6 Å². The Kier molecular flexibility index (Phi) is 6.31. The fourth-order valence-electron chi connectivity index (χ4n) is 1.93. The van der Waals surface area contributed by atoms with Gasteiger partial charge in [-0.3, -0.25) is 4.79 Å². The Balaban J connectivity index is 2.67.